The number of pyridine rings is 1. The number of rotatable bonds is 4. The average Bonchev–Trinajstić information content (AvgIpc) is 2.93. The van der Waals surface area contributed by atoms with Crippen LogP contribution in [0.3, 0.4) is 0 Å². The van der Waals surface area contributed by atoms with Crippen molar-refractivity contribution >= 4 is 41.3 Å². The van der Waals surface area contributed by atoms with Crippen molar-refractivity contribution in [3.05, 3.63) is 52.5 Å². The number of thiophene rings is 1. The quantitative estimate of drug-likeness (QED) is 0.481. The Labute approximate surface area is 134 Å². The van der Waals surface area contributed by atoms with Gasteiger partial charge in [-0.15, -0.1) is 35.3 Å². The lowest BCUT2D eigenvalue weighted by molar-refractivity contribution is 0.799. The summed E-state index contributed by atoms with van der Waals surface area (Å²) in [5, 5.41) is 8.56. The van der Waals surface area contributed by atoms with Crippen molar-refractivity contribution in [3.8, 4) is 0 Å². The van der Waals surface area contributed by atoms with Gasteiger partial charge in [-0.05, 0) is 23.6 Å². The van der Waals surface area contributed by atoms with Crippen molar-refractivity contribution in [1.82, 2.24) is 15.6 Å². The van der Waals surface area contributed by atoms with E-state index in [0.29, 0.717) is 6.54 Å². The second-order valence-electron chi connectivity index (χ2n) is 3.68. The lowest BCUT2D eigenvalue weighted by Crippen LogP contribution is -2.36. The summed E-state index contributed by atoms with van der Waals surface area (Å²) in [7, 11) is 1.77. The summed E-state index contributed by atoms with van der Waals surface area (Å²) < 4.78 is 0. The summed E-state index contributed by atoms with van der Waals surface area (Å²) in [6, 6.07) is 10.0. The van der Waals surface area contributed by atoms with E-state index in [1.807, 2.05) is 24.3 Å². The molecule has 2 N–H and O–H groups in total. The van der Waals surface area contributed by atoms with Gasteiger partial charge in [0, 0.05) is 18.1 Å². The smallest absolute Gasteiger partial charge is 0.191 e. The fourth-order valence-electron chi connectivity index (χ4n) is 1.48. The van der Waals surface area contributed by atoms with E-state index >= 15 is 0 Å². The van der Waals surface area contributed by atoms with E-state index in [1.165, 1.54) is 4.88 Å². The molecule has 0 saturated carbocycles. The third kappa shape index (κ3) is 5.56. The molecule has 0 atom stereocenters. The average molecular weight is 388 g/mol. The first-order chi connectivity index (χ1) is 8.88. The first-order valence-corrected chi connectivity index (χ1v) is 6.63. The molecule has 0 aliphatic carbocycles. The number of nitrogens with zero attached hydrogens (tertiary/aromatic N) is 2. The van der Waals surface area contributed by atoms with Crippen LogP contribution in [0.2, 0.25) is 0 Å². The summed E-state index contributed by atoms with van der Waals surface area (Å²) in [6.07, 6.45) is 1.79. The van der Waals surface area contributed by atoms with Gasteiger partial charge in [-0.25, -0.2) is 0 Å². The van der Waals surface area contributed by atoms with Gasteiger partial charge in [0.1, 0.15) is 0 Å². The maximum Gasteiger partial charge on any atom is 0.191 e. The summed E-state index contributed by atoms with van der Waals surface area (Å²) >= 11 is 1.73. The first-order valence-electron chi connectivity index (χ1n) is 5.75. The molecule has 0 unspecified atom stereocenters. The van der Waals surface area contributed by atoms with Crippen LogP contribution in [0.5, 0.6) is 0 Å². The SMILES string of the molecule is CN=C(NCc1ccccn1)NCc1cccs1.I. The molecule has 2 aromatic rings. The second kappa shape index (κ2) is 8.87. The first kappa shape index (κ1) is 15.9. The predicted octanol–water partition coefficient (Wildman–Crippen LogP) is 2.63. The van der Waals surface area contributed by atoms with Crippen molar-refractivity contribution < 1.29 is 0 Å². The Morgan fingerprint density at radius 2 is 2.05 bits per heavy atom. The molecular formula is C13H17IN4S. The molecule has 0 saturated heterocycles. The number of guanidine groups is 1. The molecule has 2 aromatic heterocycles. The Balaban J connectivity index is 0.00000180. The van der Waals surface area contributed by atoms with Gasteiger partial charge in [0.2, 0.25) is 0 Å². The van der Waals surface area contributed by atoms with Gasteiger partial charge in [0.15, 0.2) is 5.96 Å². The van der Waals surface area contributed by atoms with Crippen LogP contribution in [0, 0.1) is 0 Å². The van der Waals surface area contributed by atoms with Crippen LogP contribution in [0.25, 0.3) is 0 Å². The van der Waals surface area contributed by atoms with Gasteiger partial charge in [0.25, 0.3) is 0 Å². The number of nitrogens with one attached hydrogen (secondary N) is 2. The number of hydrogen-bond acceptors (Lipinski definition) is 3. The van der Waals surface area contributed by atoms with Crippen molar-refractivity contribution in [2.45, 2.75) is 13.1 Å². The zero-order valence-corrected chi connectivity index (χ0v) is 13.8. The van der Waals surface area contributed by atoms with Gasteiger partial charge < -0.3 is 10.6 Å². The Bertz CT molecular complexity index is 485. The third-order valence-corrected chi connectivity index (χ3v) is 3.27. The number of aromatic nitrogens is 1. The minimum absolute atomic E-state index is 0. The third-order valence-electron chi connectivity index (χ3n) is 2.40. The van der Waals surface area contributed by atoms with Crippen LogP contribution >= 0.6 is 35.3 Å². The van der Waals surface area contributed by atoms with Gasteiger partial charge in [-0.3, -0.25) is 9.98 Å². The van der Waals surface area contributed by atoms with Gasteiger partial charge in [0.05, 0.1) is 18.8 Å². The van der Waals surface area contributed by atoms with Crippen molar-refractivity contribution in [3.63, 3.8) is 0 Å². The Hall–Kier alpha value is -1.15. The van der Waals surface area contributed by atoms with Crippen LogP contribution in [-0.4, -0.2) is 18.0 Å². The number of hydrogen-bond donors (Lipinski definition) is 2. The molecule has 0 bridgehead atoms. The van der Waals surface area contributed by atoms with E-state index < -0.39 is 0 Å². The minimum Gasteiger partial charge on any atom is -0.352 e. The van der Waals surface area contributed by atoms with E-state index in [-0.39, 0.29) is 24.0 Å². The molecule has 0 spiro atoms. The molecular weight excluding hydrogens is 371 g/mol. The largest absolute Gasteiger partial charge is 0.352 e. The molecule has 6 heteroatoms. The van der Waals surface area contributed by atoms with Crippen LogP contribution in [0.4, 0.5) is 0 Å². The molecule has 2 heterocycles. The number of halogens is 1. The Kier molecular flexibility index (Phi) is 7.42. The highest BCUT2D eigenvalue weighted by atomic mass is 127. The van der Waals surface area contributed by atoms with Crippen molar-refractivity contribution in [1.29, 1.82) is 0 Å². The summed E-state index contributed by atoms with van der Waals surface area (Å²) in [5.41, 5.74) is 0.997. The van der Waals surface area contributed by atoms with Gasteiger partial charge >= 0.3 is 0 Å². The highest BCUT2D eigenvalue weighted by Gasteiger charge is 1.99. The topological polar surface area (TPSA) is 49.3 Å². The number of aliphatic imine (C=N–C) groups is 1. The van der Waals surface area contributed by atoms with E-state index in [0.717, 1.165) is 18.2 Å². The highest BCUT2D eigenvalue weighted by Crippen LogP contribution is 2.07. The van der Waals surface area contributed by atoms with E-state index in [4.69, 9.17) is 0 Å². The van der Waals surface area contributed by atoms with Crippen LogP contribution < -0.4 is 10.6 Å². The zero-order valence-electron chi connectivity index (χ0n) is 10.7. The van der Waals surface area contributed by atoms with Crippen LogP contribution in [0.15, 0.2) is 46.9 Å². The predicted molar refractivity (Wildman–Crippen MR) is 91.0 cm³/mol. The van der Waals surface area contributed by atoms with E-state index in [2.05, 4.69) is 32.1 Å². The summed E-state index contributed by atoms with van der Waals surface area (Å²) in [4.78, 5) is 9.71. The standard InChI is InChI=1S/C13H16N4S.HI/c1-14-13(17-10-12-6-4-8-18-12)16-9-11-5-2-3-7-15-11;/h2-8H,9-10H2,1H3,(H2,14,16,17);1H. The molecule has 102 valence electrons. The molecule has 0 aromatic carbocycles. The molecule has 0 aliphatic rings. The normalized spacial score (nSPS) is 10.7. The van der Waals surface area contributed by atoms with Crippen LogP contribution in [-0.2, 0) is 13.1 Å². The van der Waals surface area contributed by atoms with Crippen molar-refractivity contribution in [2.75, 3.05) is 7.05 Å². The van der Waals surface area contributed by atoms with E-state index in [1.54, 1.807) is 24.6 Å². The molecule has 0 amide bonds. The van der Waals surface area contributed by atoms with Gasteiger partial charge in [-0.2, -0.15) is 0 Å². The zero-order chi connectivity index (χ0) is 12.6. The fraction of sp³-hybridized carbons (Fsp3) is 0.231. The molecule has 0 radical (unpaired) electrons. The summed E-state index contributed by atoms with van der Waals surface area (Å²) in [6.45, 7) is 1.46. The molecule has 19 heavy (non-hydrogen) atoms. The lowest BCUT2D eigenvalue weighted by Gasteiger charge is -2.10. The fourth-order valence-corrected chi connectivity index (χ4v) is 2.13. The highest BCUT2D eigenvalue weighted by molar-refractivity contribution is 14.0. The van der Waals surface area contributed by atoms with Crippen molar-refractivity contribution in [2.24, 2.45) is 4.99 Å². The molecule has 4 nitrogen and oxygen atoms in total. The molecule has 0 aliphatic heterocycles. The lowest BCUT2D eigenvalue weighted by atomic mass is 10.3. The van der Waals surface area contributed by atoms with Crippen LogP contribution in [0.1, 0.15) is 10.6 Å². The molecule has 2 rings (SSSR count). The second-order valence-corrected chi connectivity index (χ2v) is 4.71. The van der Waals surface area contributed by atoms with Gasteiger partial charge in [-0.1, -0.05) is 12.1 Å². The Morgan fingerprint density at radius 3 is 2.68 bits per heavy atom. The monoisotopic (exact) mass is 388 g/mol. The van der Waals surface area contributed by atoms with E-state index in [9.17, 15) is 0 Å². The maximum absolute atomic E-state index is 4.25. The molecule has 0 fully saturated rings. The minimum atomic E-state index is 0. The maximum atomic E-state index is 4.25. The summed E-state index contributed by atoms with van der Waals surface area (Å²) in [5.74, 6) is 0.786. The Morgan fingerprint density at radius 1 is 1.21 bits per heavy atom.